The topological polar surface area (TPSA) is 108 Å². The minimum Gasteiger partial charge on any atom is -0.496 e. The van der Waals surface area contributed by atoms with Crippen molar-refractivity contribution < 1.29 is 33.3 Å². The Labute approximate surface area is 307 Å². The van der Waals surface area contributed by atoms with Crippen molar-refractivity contribution in [1.82, 2.24) is 15.2 Å². The van der Waals surface area contributed by atoms with Crippen molar-refractivity contribution in [2.45, 2.75) is 44.1 Å². The first-order valence-electron chi connectivity index (χ1n) is 16.9. The molecule has 10 nitrogen and oxygen atoms in total. The van der Waals surface area contributed by atoms with E-state index in [0.717, 1.165) is 38.0 Å². The molecular weight excluding hydrogens is 693 g/mol. The van der Waals surface area contributed by atoms with Gasteiger partial charge in [0.2, 0.25) is 0 Å². The molecule has 2 bridgehead atoms. The van der Waals surface area contributed by atoms with Gasteiger partial charge in [0.1, 0.15) is 24.0 Å². The summed E-state index contributed by atoms with van der Waals surface area (Å²) in [5.41, 5.74) is 3.16. The number of nitrogens with one attached hydrogen (secondary N) is 1. The standard InChI is InChI=1S/C39H41Cl2N3O7/c1-47-32-7-5-4-6-28(32)37(39(46)51-36-23-44-16-14-25(36)15-17-44)43-20-24-8-10-26(11-9-24)38(45)50-34(19-29-30(40)21-42-22-31(29)41)27-12-13-33(48-2)35(18-27)49-3/h4-13,18,21-22,25,34,36-37,43H,14-17,19-20,23H2,1-3H3/t34-,36-,37?/m0/s1. The van der Waals surface area contributed by atoms with E-state index in [4.69, 9.17) is 46.9 Å². The van der Waals surface area contributed by atoms with Crippen LogP contribution in [0.2, 0.25) is 10.0 Å². The lowest BCUT2D eigenvalue weighted by Crippen LogP contribution is -2.52. The third-order valence-corrected chi connectivity index (χ3v) is 10.3. The molecule has 1 N–H and O–H groups in total. The third-order valence-electron chi connectivity index (χ3n) is 9.62. The molecule has 0 radical (unpaired) electrons. The predicted octanol–water partition coefficient (Wildman–Crippen LogP) is 7.02. The van der Waals surface area contributed by atoms with E-state index >= 15 is 0 Å². The van der Waals surface area contributed by atoms with Crippen LogP contribution in [0, 0.1) is 5.92 Å². The molecule has 4 heterocycles. The van der Waals surface area contributed by atoms with Crippen LogP contribution in [0.25, 0.3) is 0 Å². The highest BCUT2D eigenvalue weighted by Crippen LogP contribution is 2.36. The number of nitrogens with zero attached hydrogens (tertiary/aromatic N) is 2. The molecule has 3 fully saturated rings. The second kappa shape index (κ2) is 16.8. The summed E-state index contributed by atoms with van der Waals surface area (Å²) in [5, 5.41) is 4.11. The molecule has 0 amide bonds. The van der Waals surface area contributed by atoms with Crippen molar-refractivity contribution in [3.63, 3.8) is 0 Å². The number of ether oxygens (including phenoxy) is 5. The average molecular weight is 735 g/mol. The quantitative estimate of drug-likeness (QED) is 0.136. The molecule has 0 saturated carbocycles. The van der Waals surface area contributed by atoms with Crippen LogP contribution < -0.4 is 19.5 Å². The number of hydrogen-bond donors (Lipinski definition) is 1. The van der Waals surface area contributed by atoms with Gasteiger partial charge in [-0.2, -0.15) is 0 Å². The summed E-state index contributed by atoms with van der Waals surface area (Å²) >= 11 is 12.9. The maximum Gasteiger partial charge on any atom is 0.338 e. The van der Waals surface area contributed by atoms with Crippen LogP contribution in [-0.4, -0.2) is 68.9 Å². The van der Waals surface area contributed by atoms with Crippen LogP contribution in [0.3, 0.4) is 0 Å². The molecule has 3 saturated heterocycles. The molecule has 1 unspecified atom stereocenters. The van der Waals surface area contributed by atoms with Crippen LogP contribution in [0.5, 0.6) is 17.2 Å². The fourth-order valence-corrected chi connectivity index (χ4v) is 7.28. The highest BCUT2D eigenvalue weighted by molar-refractivity contribution is 6.35. The minimum atomic E-state index is -0.764. The fourth-order valence-electron chi connectivity index (χ4n) is 6.76. The third kappa shape index (κ3) is 8.59. The highest BCUT2D eigenvalue weighted by Gasteiger charge is 2.38. The maximum absolute atomic E-state index is 13.7. The van der Waals surface area contributed by atoms with Gasteiger partial charge in [-0.05, 0) is 78.9 Å². The van der Waals surface area contributed by atoms with E-state index in [1.807, 2.05) is 36.4 Å². The highest BCUT2D eigenvalue weighted by atomic mass is 35.5. The molecule has 3 atom stereocenters. The van der Waals surface area contributed by atoms with Gasteiger partial charge in [-0.1, -0.05) is 59.6 Å². The predicted molar refractivity (Wildman–Crippen MR) is 194 cm³/mol. The minimum absolute atomic E-state index is 0.127. The number of piperidine rings is 3. The molecular formula is C39H41Cl2N3O7. The summed E-state index contributed by atoms with van der Waals surface area (Å²) in [5.74, 6) is 1.12. The Balaban J connectivity index is 1.17. The van der Waals surface area contributed by atoms with Crippen molar-refractivity contribution in [3.05, 3.63) is 117 Å². The number of halogens is 2. The molecule has 0 aliphatic carbocycles. The Bertz CT molecular complexity index is 1810. The van der Waals surface area contributed by atoms with Crippen molar-refractivity contribution in [3.8, 4) is 17.2 Å². The van der Waals surface area contributed by atoms with Crippen molar-refractivity contribution in [2.75, 3.05) is 41.0 Å². The van der Waals surface area contributed by atoms with E-state index in [0.29, 0.717) is 62.0 Å². The van der Waals surface area contributed by atoms with Gasteiger partial charge in [-0.15, -0.1) is 0 Å². The molecule has 3 aromatic carbocycles. The molecule has 1 aromatic heterocycles. The van der Waals surface area contributed by atoms with E-state index < -0.39 is 18.1 Å². The van der Waals surface area contributed by atoms with Crippen molar-refractivity contribution in [1.29, 1.82) is 0 Å². The summed E-state index contributed by atoms with van der Waals surface area (Å²) in [4.78, 5) is 33.7. The number of benzene rings is 3. The van der Waals surface area contributed by atoms with E-state index in [2.05, 4.69) is 15.2 Å². The summed E-state index contributed by atoms with van der Waals surface area (Å²) in [6, 6.07) is 19.0. The number of methoxy groups -OCH3 is 3. The van der Waals surface area contributed by atoms with Gasteiger partial charge in [0.15, 0.2) is 11.5 Å². The lowest BCUT2D eigenvalue weighted by atomic mass is 9.86. The molecule has 51 heavy (non-hydrogen) atoms. The Hall–Kier alpha value is -4.35. The summed E-state index contributed by atoms with van der Waals surface area (Å²) in [6.45, 7) is 3.21. The number of carbonyl (C=O) groups is 2. The number of hydrogen-bond acceptors (Lipinski definition) is 10. The molecule has 3 aliphatic heterocycles. The summed E-state index contributed by atoms with van der Waals surface area (Å²) in [7, 11) is 4.67. The number of aromatic nitrogens is 1. The Morgan fingerprint density at radius 1 is 0.882 bits per heavy atom. The normalized spacial score (nSPS) is 19.1. The fraction of sp³-hybridized carbons (Fsp3) is 0.359. The lowest BCUT2D eigenvalue weighted by molar-refractivity contribution is -0.161. The van der Waals surface area contributed by atoms with Gasteiger partial charge in [0.25, 0.3) is 0 Å². The van der Waals surface area contributed by atoms with E-state index in [-0.39, 0.29) is 18.5 Å². The van der Waals surface area contributed by atoms with Crippen LogP contribution in [0.1, 0.15) is 57.6 Å². The largest absolute Gasteiger partial charge is 0.496 e. The van der Waals surface area contributed by atoms with Crippen molar-refractivity contribution >= 4 is 35.1 Å². The Morgan fingerprint density at radius 3 is 2.22 bits per heavy atom. The van der Waals surface area contributed by atoms with Gasteiger partial charge in [0.05, 0.1) is 36.9 Å². The van der Waals surface area contributed by atoms with E-state index in [9.17, 15) is 9.59 Å². The molecule has 3 aliphatic rings. The smallest absolute Gasteiger partial charge is 0.338 e. The number of rotatable bonds is 14. The first kappa shape index (κ1) is 36.4. The Kier molecular flexibility index (Phi) is 12.0. The van der Waals surface area contributed by atoms with Gasteiger partial charge in [-0.3, -0.25) is 15.2 Å². The maximum atomic E-state index is 13.7. The monoisotopic (exact) mass is 733 g/mol. The van der Waals surface area contributed by atoms with Gasteiger partial charge >= 0.3 is 11.9 Å². The lowest BCUT2D eigenvalue weighted by Gasteiger charge is -2.44. The van der Waals surface area contributed by atoms with Gasteiger partial charge in [-0.25, -0.2) is 9.59 Å². The zero-order valence-corrected chi connectivity index (χ0v) is 30.3. The van der Waals surface area contributed by atoms with Crippen LogP contribution in [0.15, 0.2) is 79.1 Å². The number of para-hydroxylation sites is 1. The molecule has 12 heteroatoms. The zero-order chi connectivity index (χ0) is 35.9. The molecule has 268 valence electrons. The number of pyridine rings is 1. The van der Waals surface area contributed by atoms with Gasteiger partial charge < -0.3 is 23.7 Å². The second-order valence-corrected chi connectivity index (χ2v) is 13.5. The van der Waals surface area contributed by atoms with Crippen LogP contribution in [0.4, 0.5) is 0 Å². The Morgan fingerprint density at radius 2 is 1.57 bits per heavy atom. The van der Waals surface area contributed by atoms with E-state index in [1.165, 1.54) is 19.5 Å². The van der Waals surface area contributed by atoms with Crippen LogP contribution >= 0.6 is 23.2 Å². The van der Waals surface area contributed by atoms with Crippen LogP contribution in [-0.2, 0) is 27.2 Å². The summed E-state index contributed by atoms with van der Waals surface area (Å²) in [6.07, 6.45) is 4.39. The zero-order valence-electron chi connectivity index (χ0n) is 28.8. The van der Waals surface area contributed by atoms with E-state index in [1.54, 1.807) is 44.6 Å². The first-order valence-corrected chi connectivity index (χ1v) is 17.6. The molecule has 0 spiro atoms. The average Bonchev–Trinajstić information content (AvgIpc) is 3.16. The number of esters is 2. The van der Waals surface area contributed by atoms with Crippen molar-refractivity contribution in [2.24, 2.45) is 5.92 Å². The molecule has 4 aromatic rings. The number of carbonyl (C=O) groups excluding carboxylic acids is 2. The molecule has 7 rings (SSSR count). The summed E-state index contributed by atoms with van der Waals surface area (Å²) < 4.78 is 28.7. The number of fused-ring (bicyclic) bond motifs is 3. The second-order valence-electron chi connectivity index (χ2n) is 12.7. The van der Waals surface area contributed by atoms with Gasteiger partial charge in [0, 0.05) is 37.5 Å². The SMILES string of the molecule is COc1ccc([C@H](Cc2c(Cl)cncc2Cl)OC(=O)c2ccc(CNC(C(=O)O[C@H]3CN4CCC3CC4)c3ccccc3OC)cc2)cc1OC. The first-order chi connectivity index (χ1) is 24.8.